The van der Waals surface area contributed by atoms with Crippen LogP contribution in [0.1, 0.15) is 47.5 Å². The average Bonchev–Trinajstić information content (AvgIpc) is 3.87. The van der Waals surface area contributed by atoms with Crippen molar-refractivity contribution in [3.05, 3.63) is 12.7 Å². The molecule has 0 N–H and O–H groups in total. The Bertz CT molecular complexity index is 1330. The Kier molecular flexibility index (Phi) is 25.5. The van der Waals surface area contributed by atoms with E-state index in [4.69, 9.17) is 83.6 Å². The molecule has 0 saturated carbocycles. The van der Waals surface area contributed by atoms with Gasteiger partial charge in [-0.25, -0.2) is 0 Å². The van der Waals surface area contributed by atoms with E-state index in [0.29, 0.717) is 6.61 Å². The molecular formula is C37H72O18P8. The summed E-state index contributed by atoms with van der Waals surface area (Å²) in [6.45, 7) is 15.4. The van der Waals surface area contributed by atoms with Crippen LogP contribution in [0.5, 0.6) is 0 Å². The van der Waals surface area contributed by atoms with Crippen molar-refractivity contribution < 1.29 is 83.6 Å². The number of unbranched alkanes of at least 4 members (excludes halogenated alkanes) is 1. The third kappa shape index (κ3) is 14.1. The largest absolute Gasteiger partial charge is 0.363 e. The van der Waals surface area contributed by atoms with Crippen LogP contribution in [0.2, 0.25) is 0 Å². The van der Waals surface area contributed by atoms with Gasteiger partial charge in [0, 0.05) is 105 Å². The minimum absolute atomic E-state index is 0.145. The smallest absolute Gasteiger partial charge is 0.163 e. The summed E-state index contributed by atoms with van der Waals surface area (Å²) in [7, 11) is 18.4. The number of ether oxygens (including phenoxy) is 10. The third-order valence-electron chi connectivity index (χ3n) is 12.6. The highest BCUT2D eigenvalue weighted by molar-refractivity contribution is 7.11. The maximum atomic E-state index is 6.84. The fourth-order valence-electron chi connectivity index (χ4n) is 8.98. The van der Waals surface area contributed by atoms with Crippen molar-refractivity contribution in [2.75, 3.05) is 39.6 Å². The molecule has 368 valence electrons. The third-order valence-corrected chi connectivity index (χ3v) is 14.9. The lowest BCUT2D eigenvalue weighted by molar-refractivity contribution is -0.280. The van der Waals surface area contributed by atoms with Gasteiger partial charge in [0.25, 0.3) is 0 Å². The number of rotatable bonds is 26. The first-order valence-electron chi connectivity index (χ1n) is 21.2. The van der Waals surface area contributed by atoms with E-state index >= 15 is 0 Å². The molecule has 0 amide bonds. The summed E-state index contributed by atoms with van der Waals surface area (Å²) in [6.07, 6.45) is -4.60. The normalized spacial score (nSPS) is 44.4. The van der Waals surface area contributed by atoms with Gasteiger partial charge < -0.3 is 83.6 Å². The van der Waals surface area contributed by atoms with Gasteiger partial charge in [-0.3, -0.25) is 0 Å². The van der Waals surface area contributed by atoms with Crippen LogP contribution in [0.4, 0.5) is 0 Å². The van der Waals surface area contributed by atoms with Crippen LogP contribution in [-0.2, 0) is 83.6 Å². The van der Waals surface area contributed by atoms with E-state index < -0.39 is 68.1 Å². The van der Waals surface area contributed by atoms with Gasteiger partial charge in [0.2, 0.25) is 0 Å². The topological polar surface area (TPSA) is 166 Å². The Morgan fingerprint density at radius 3 is 1.10 bits per heavy atom. The van der Waals surface area contributed by atoms with Crippen molar-refractivity contribution in [3.8, 4) is 0 Å². The first-order valence-corrected chi connectivity index (χ1v) is 25.0. The molecule has 5 aliphatic heterocycles. The summed E-state index contributed by atoms with van der Waals surface area (Å²) in [5.74, 6) is -0.896. The van der Waals surface area contributed by atoms with E-state index in [-0.39, 0.29) is 99.2 Å². The van der Waals surface area contributed by atoms with Gasteiger partial charge in [-0.05, 0) is 12.8 Å². The van der Waals surface area contributed by atoms with Crippen molar-refractivity contribution in [1.82, 2.24) is 0 Å². The Hall–Kier alpha value is 2.46. The maximum absolute atomic E-state index is 6.84. The summed E-state index contributed by atoms with van der Waals surface area (Å²) < 4.78 is 110. The van der Waals surface area contributed by atoms with Gasteiger partial charge in [0.05, 0.1) is 70.2 Å². The van der Waals surface area contributed by atoms with Gasteiger partial charge in [0.1, 0.15) is 42.7 Å². The second kappa shape index (κ2) is 28.5. The minimum atomic E-state index is -0.665. The lowest BCUT2D eigenvalue weighted by Gasteiger charge is -2.44. The second-order valence-corrected chi connectivity index (χ2v) is 19.0. The molecule has 0 aliphatic carbocycles. The summed E-state index contributed by atoms with van der Waals surface area (Å²) in [5, 5.41) is 0. The second-order valence-electron chi connectivity index (χ2n) is 16.7. The number of allylic oxidation sites excluding steroid dienone is 1. The molecule has 26 heteroatoms. The molecular weight excluding hydrogens is 980 g/mol. The van der Waals surface area contributed by atoms with Crippen LogP contribution in [0.15, 0.2) is 12.7 Å². The zero-order valence-electron chi connectivity index (χ0n) is 36.6. The molecule has 0 radical (unpaired) electrons. The van der Waals surface area contributed by atoms with Crippen LogP contribution in [0.3, 0.4) is 0 Å². The lowest BCUT2D eigenvalue weighted by Crippen LogP contribution is -2.56. The van der Waals surface area contributed by atoms with Crippen LogP contribution in [0.25, 0.3) is 0 Å². The molecule has 5 aliphatic rings. The van der Waals surface area contributed by atoms with E-state index in [9.17, 15) is 0 Å². The predicted octanol–water partition coefficient (Wildman–Crippen LogP) is 4.87. The Morgan fingerprint density at radius 1 is 0.397 bits per heavy atom. The molecule has 5 fully saturated rings. The van der Waals surface area contributed by atoms with E-state index in [1.807, 2.05) is 40.7 Å². The standard InChI is InChI=1S/C37H72O18P8/c1-7-8-9-10-38-33-16(2)26(49-37-18(4)28(51-59)23(48-37)13-41-36-20(6)30(53-61)32(55-63)25(47-36)15-43-57)21(44-33)11-39-34-17(3)27(50-58)22(45-34)12-40-35-19(5)29(52-60)31(54-62)24(46-35)14-42-56/h7,16-37H,1,8-15,56-63H2,2-6H3. The molecule has 0 spiro atoms. The molecule has 18 nitrogen and oxygen atoms in total. The summed E-state index contributed by atoms with van der Waals surface area (Å²) >= 11 is 0. The summed E-state index contributed by atoms with van der Waals surface area (Å²) in [5.41, 5.74) is 0. The van der Waals surface area contributed by atoms with E-state index in [1.54, 1.807) is 0 Å². The van der Waals surface area contributed by atoms with Crippen LogP contribution in [-0.4, -0.2) is 144 Å². The van der Waals surface area contributed by atoms with E-state index in [2.05, 4.69) is 82.3 Å². The number of hydrogen-bond donors (Lipinski definition) is 0. The molecule has 5 heterocycles. The van der Waals surface area contributed by atoms with Crippen molar-refractivity contribution in [1.29, 1.82) is 0 Å². The SMILES string of the molecule is C=CCCCOC1OC(COC2OC(COC3OC(COP)C(OP)C(OP)C3C)C(OP)C2C)C(OC2OC(COC3OC(COP)C(OP)C(OP)C3C)C(OP)C2C)C1C. The van der Waals surface area contributed by atoms with Crippen LogP contribution < -0.4 is 0 Å². The molecule has 0 aromatic rings. The maximum Gasteiger partial charge on any atom is 0.163 e. The van der Waals surface area contributed by atoms with Crippen LogP contribution in [0, 0.1) is 29.6 Å². The molecule has 0 aromatic heterocycles. The van der Waals surface area contributed by atoms with E-state index in [1.165, 1.54) is 0 Å². The quantitative estimate of drug-likeness (QED) is 0.0654. The molecule has 5 saturated heterocycles. The molecule has 30 atom stereocenters. The monoisotopic (exact) mass is 1050 g/mol. The highest BCUT2D eigenvalue weighted by atomic mass is 31.0. The first kappa shape index (κ1) is 56.4. The van der Waals surface area contributed by atoms with Gasteiger partial charge in [0.15, 0.2) is 31.5 Å². The Balaban J connectivity index is 1.22. The molecule has 30 unspecified atom stereocenters. The first-order chi connectivity index (χ1) is 30.4. The van der Waals surface area contributed by atoms with Crippen LogP contribution >= 0.6 is 75.7 Å². The number of hydrogen-bond acceptors (Lipinski definition) is 18. The van der Waals surface area contributed by atoms with Gasteiger partial charge in [-0.2, -0.15) is 0 Å². The van der Waals surface area contributed by atoms with Crippen molar-refractivity contribution in [2.24, 2.45) is 29.6 Å². The van der Waals surface area contributed by atoms with Crippen molar-refractivity contribution in [2.45, 2.75) is 152 Å². The summed E-state index contributed by atoms with van der Waals surface area (Å²) in [6, 6.07) is 0. The van der Waals surface area contributed by atoms with Gasteiger partial charge in [-0.15, -0.1) is 6.58 Å². The predicted molar refractivity (Wildman–Crippen MR) is 256 cm³/mol. The average molecular weight is 1050 g/mol. The van der Waals surface area contributed by atoms with E-state index in [0.717, 1.165) is 12.8 Å². The highest BCUT2D eigenvalue weighted by Gasteiger charge is 2.53. The Morgan fingerprint density at radius 2 is 0.714 bits per heavy atom. The fraction of sp³-hybridized carbons (Fsp3) is 0.946. The van der Waals surface area contributed by atoms with Gasteiger partial charge in [-0.1, -0.05) is 40.7 Å². The lowest BCUT2D eigenvalue weighted by atomic mass is 9.92. The zero-order chi connectivity index (χ0) is 45.8. The van der Waals surface area contributed by atoms with Crippen molar-refractivity contribution >= 4 is 75.7 Å². The summed E-state index contributed by atoms with van der Waals surface area (Å²) in [4.78, 5) is 0. The molecule has 63 heavy (non-hydrogen) atoms. The van der Waals surface area contributed by atoms with Crippen molar-refractivity contribution in [3.63, 3.8) is 0 Å². The highest BCUT2D eigenvalue weighted by Crippen LogP contribution is 2.41. The fourth-order valence-corrected chi connectivity index (χ4v) is 11.7. The van der Waals surface area contributed by atoms with Gasteiger partial charge >= 0.3 is 0 Å². The zero-order valence-corrected chi connectivity index (χ0v) is 45.8. The molecule has 0 bridgehead atoms. The Labute approximate surface area is 392 Å². The minimum Gasteiger partial charge on any atom is -0.363 e. The molecule has 0 aromatic carbocycles. The molecule has 5 rings (SSSR count).